The summed E-state index contributed by atoms with van der Waals surface area (Å²) in [7, 11) is 0. The Bertz CT molecular complexity index is 1460. The Morgan fingerprint density at radius 2 is 1.90 bits per heavy atom. The van der Waals surface area contributed by atoms with Crippen molar-refractivity contribution in [3.8, 4) is 11.3 Å². The number of hydrogen-bond acceptors (Lipinski definition) is 6. The maximum absolute atomic E-state index is 14.1. The van der Waals surface area contributed by atoms with Crippen molar-refractivity contribution in [3.63, 3.8) is 0 Å². The van der Waals surface area contributed by atoms with Gasteiger partial charge in [-0.1, -0.05) is 35.0 Å². The van der Waals surface area contributed by atoms with E-state index in [1.54, 1.807) is 43.0 Å². The standard InChI is InChI=1S/C28H29ClF2N4O5/c1-4-35-16(2)28(3,27(38)39)25(18-7-5-6-8-20(18)29)24(26(36)37)23(35)15-40-12-11-34-14-22(32-33-34)19-13-17(30)9-10-21(19)31/h5-10,13-14,16,25H,4,11-12,15H2,1-3H3,(H,36,37)(H,38,39). The summed E-state index contributed by atoms with van der Waals surface area (Å²) in [5.41, 5.74) is -0.713. The van der Waals surface area contributed by atoms with E-state index in [-0.39, 0.29) is 41.6 Å². The highest BCUT2D eigenvalue weighted by Gasteiger charge is 2.56. The van der Waals surface area contributed by atoms with Crippen LogP contribution >= 0.6 is 11.6 Å². The van der Waals surface area contributed by atoms with Crippen LogP contribution < -0.4 is 0 Å². The van der Waals surface area contributed by atoms with Crippen LogP contribution in [0.5, 0.6) is 0 Å². The van der Waals surface area contributed by atoms with E-state index < -0.39 is 40.9 Å². The topological polar surface area (TPSA) is 118 Å². The van der Waals surface area contributed by atoms with Gasteiger partial charge in [-0.3, -0.25) is 4.79 Å². The number of aromatic nitrogens is 3. The van der Waals surface area contributed by atoms with Crippen LogP contribution in [-0.2, 0) is 20.9 Å². The maximum Gasteiger partial charge on any atom is 0.334 e. The first-order chi connectivity index (χ1) is 19.0. The predicted molar refractivity (Wildman–Crippen MR) is 143 cm³/mol. The number of aliphatic carboxylic acids is 2. The molecule has 212 valence electrons. The van der Waals surface area contributed by atoms with E-state index in [4.69, 9.17) is 16.3 Å². The molecule has 3 atom stereocenters. The Morgan fingerprint density at radius 3 is 2.55 bits per heavy atom. The molecule has 1 aliphatic rings. The summed E-state index contributed by atoms with van der Waals surface area (Å²) in [6, 6.07) is 9.09. The van der Waals surface area contributed by atoms with Crippen molar-refractivity contribution in [2.24, 2.45) is 5.41 Å². The number of nitrogens with zero attached hydrogens (tertiary/aromatic N) is 4. The first kappa shape index (κ1) is 29.2. The van der Waals surface area contributed by atoms with Gasteiger partial charge in [-0.2, -0.15) is 0 Å². The normalized spacial score (nSPS) is 21.1. The molecule has 9 nitrogen and oxygen atoms in total. The summed E-state index contributed by atoms with van der Waals surface area (Å²) in [6.45, 7) is 5.63. The fourth-order valence-electron chi connectivity index (χ4n) is 5.33. The average Bonchev–Trinajstić information content (AvgIpc) is 3.38. The molecule has 0 spiro atoms. The Morgan fingerprint density at radius 1 is 1.18 bits per heavy atom. The van der Waals surface area contributed by atoms with Gasteiger partial charge in [0.1, 0.15) is 17.3 Å². The van der Waals surface area contributed by atoms with Gasteiger partial charge in [0.15, 0.2) is 0 Å². The molecule has 3 aromatic rings. The number of rotatable bonds is 10. The fraction of sp³-hybridized carbons (Fsp3) is 0.357. The molecule has 1 aromatic heterocycles. The van der Waals surface area contributed by atoms with Gasteiger partial charge in [-0.25, -0.2) is 18.3 Å². The Hall–Kier alpha value is -3.83. The van der Waals surface area contributed by atoms with Crippen molar-refractivity contribution in [2.45, 2.75) is 39.3 Å². The van der Waals surface area contributed by atoms with Crippen molar-refractivity contribution < 1.29 is 33.3 Å². The lowest BCUT2D eigenvalue weighted by Gasteiger charge is -2.51. The third-order valence-electron chi connectivity index (χ3n) is 7.58. The predicted octanol–water partition coefficient (Wildman–Crippen LogP) is 4.83. The summed E-state index contributed by atoms with van der Waals surface area (Å²) in [5.74, 6) is -4.69. The molecular formula is C28H29ClF2N4O5. The third kappa shape index (κ3) is 5.31. The second-order valence-electron chi connectivity index (χ2n) is 9.71. The van der Waals surface area contributed by atoms with E-state index in [2.05, 4.69) is 10.3 Å². The molecule has 0 radical (unpaired) electrons. The van der Waals surface area contributed by atoms with Gasteiger partial charge in [0.05, 0.1) is 42.6 Å². The summed E-state index contributed by atoms with van der Waals surface area (Å²) in [4.78, 5) is 27.2. The lowest BCUT2D eigenvalue weighted by molar-refractivity contribution is -0.154. The van der Waals surface area contributed by atoms with E-state index in [9.17, 15) is 28.6 Å². The molecule has 2 N–H and O–H groups in total. The minimum Gasteiger partial charge on any atom is -0.481 e. The van der Waals surface area contributed by atoms with Gasteiger partial charge in [0.25, 0.3) is 0 Å². The van der Waals surface area contributed by atoms with Gasteiger partial charge in [0.2, 0.25) is 0 Å². The summed E-state index contributed by atoms with van der Waals surface area (Å²) in [6.07, 6.45) is 1.45. The van der Waals surface area contributed by atoms with Crippen LogP contribution in [0.1, 0.15) is 32.3 Å². The summed E-state index contributed by atoms with van der Waals surface area (Å²) < 4.78 is 34.9. The van der Waals surface area contributed by atoms with Gasteiger partial charge in [-0.05, 0) is 50.6 Å². The molecule has 0 amide bonds. The van der Waals surface area contributed by atoms with Crippen molar-refractivity contribution >= 4 is 23.5 Å². The number of halogens is 3. The molecule has 2 heterocycles. The monoisotopic (exact) mass is 574 g/mol. The van der Waals surface area contributed by atoms with Crippen molar-refractivity contribution in [2.75, 3.05) is 19.8 Å². The molecule has 0 fully saturated rings. The first-order valence-corrected chi connectivity index (χ1v) is 13.0. The van der Waals surface area contributed by atoms with Crippen LogP contribution in [0.15, 0.2) is 59.9 Å². The van der Waals surface area contributed by atoms with Gasteiger partial charge in [-0.15, -0.1) is 5.10 Å². The lowest BCUT2D eigenvalue weighted by atomic mass is 9.62. The zero-order valence-corrected chi connectivity index (χ0v) is 22.9. The number of carbonyl (C=O) groups is 2. The third-order valence-corrected chi connectivity index (χ3v) is 7.92. The van der Waals surface area contributed by atoms with Crippen LogP contribution in [0.3, 0.4) is 0 Å². The van der Waals surface area contributed by atoms with E-state index in [0.717, 1.165) is 18.2 Å². The largest absolute Gasteiger partial charge is 0.481 e. The molecule has 0 saturated carbocycles. The van der Waals surface area contributed by atoms with Gasteiger partial charge >= 0.3 is 11.9 Å². The first-order valence-electron chi connectivity index (χ1n) is 12.6. The molecule has 2 aromatic carbocycles. The summed E-state index contributed by atoms with van der Waals surface area (Å²) in [5, 5.41) is 28.9. The van der Waals surface area contributed by atoms with Crippen molar-refractivity contribution in [3.05, 3.63) is 82.2 Å². The van der Waals surface area contributed by atoms with Crippen LogP contribution in [0.4, 0.5) is 8.78 Å². The quantitative estimate of drug-likeness (QED) is 0.331. The highest BCUT2D eigenvalue weighted by atomic mass is 35.5. The Kier molecular flexibility index (Phi) is 8.55. The molecule has 3 unspecified atom stereocenters. The Labute approximate surface area is 234 Å². The minimum atomic E-state index is -1.51. The van der Waals surface area contributed by atoms with Crippen LogP contribution in [-0.4, -0.2) is 67.8 Å². The highest BCUT2D eigenvalue weighted by molar-refractivity contribution is 6.31. The van der Waals surface area contributed by atoms with Crippen LogP contribution in [0, 0.1) is 17.0 Å². The van der Waals surface area contributed by atoms with Crippen LogP contribution in [0.2, 0.25) is 5.02 Å². The molecule has 0 saturated heterocycles. The molecular weight excluding hydrogens is 546 g/mol. The number of likely N-dealkylation sites (N-methyl/N-ethyl adjacent to an activating group) is 1. The number of carboxylic acid groups (broad SMARTS) is 2. The van der Waals surface area contributed by atoms with Crippen molar-refractivity contribution in [1.29, 1.82) is 0 Å². The average molecular weight is 575 g/mol. The molecule has 0 aliphatic carbocycles. The number of carboxylic acids is 2. The second-order valence-corrected chi connectivity index (χ2v) is 10.1. The van der Waals surface area contributed by atoms with E-state index in [1.165, 1.54) is 10.9 Å². The van der Waals surface area contributed by atoms with Gasteiger partial charge in [0, 0.05) is 29.1 Å². The van der Waals surface area contributed by atoms with Gasteiger partial charge < -0.3 is 19.8 Å². The molecule has 40 heavy (non-hydrogen) atoms. The SMILES string of the molecule is CCN1C(COCCn2cc(-c3cc(F)ccc3F)nn2)=C(C(=O)O)C(c2ccccc2Cl)C(C)(C(=O)O)C1C. The van der Waals surface area contributed by atoms with Crippen LogP contribution in [0.25, 0.3) is 11.3 Å². The second kappa shape index (κ2) is 11.7. The molecule has 0 bridgehead atoms. The lowest BCUT2D eigenvalue weighted by Crippen LogP contribution is -2.57. The zero-order valence-electron chi connectivity index (χ0n) is 22.1. The maximum atomic E-state index is 14.1. The van der Waals surface area contributed by atoms with E-state index >= 15 is 0 Å². The fourth-order valence-corrected chi connectivity index (χ4v) is 5.58. The smallest absolute Gasteiger partial charge is 0.334 e. The number of benzene rings is 2. The Balaban J connectivity index is 1.62. The number of hydrogen-bond donors (Lipinski definition) is 2. The number of ether oxygens (including phenoxy) is 1. The molecule has 1 aliphatic heterocycles. The highest BCUT2D eigenvalue weighted by Crippen LogP contribution is 2.52. The van der Waals surface area contributed by atoms with E-state index in [1.807, 2.05) is 6.92 Å². The van der Waals surface area contributed by atoms with E-state index in [0.29, 0.717) is 17.8 Å². The summed E-state index contributed by atoms with van der Waals surface area (Å²) >= 11 is 6.47. The molecule has 12 heteroatoms. The minimum absolute atomic E-state index is 0.0229. The molecule has 4 rings (SSSR count). The van der Waals surface area contributed by atoms with Crippen molar-refractivity contribution in [1.82, 2.24) is 19.9 Å². The zero-order chi connectivity index (χ0) is 29.2.